The van der Waals surface area contributed by atoms with E-state index in [0.29, 0.717) is 10.6 Å². The number of hydrogen-bond donors (Lipinski definition) is 0. The summed E-state index contributed by atoms with van der Waals surface area (Å²) in [5.74, 6) is -0.410. The fourth-order valence-electron chi connectivity index (χ4n) is 1.23. The first-order chi connectivity index (χ1) is 7.15. The maximum Gasteiger partial charge on any atom is 0.325 e. The molecule has 2 aromatic heterocycles. The van der Waals surface area contributed by atoms with Gasteiger partial charge in [0.15, 0.2) is 0 Å². The largest absolute Gasteiger partial charge is 0.325 e. The number of aryl methyl sites for hydroxylation is 1. The van der Waals surface area contributed by atoms with Crippen LogP contribution >= 0.6 is 11.3 Å². The molecular formula is C9H8FN3OS. The van der Waals surface area contributed by atoms with E-state index >= 15 is 0 Å². The Morgan fingerprint density at radius 3 is 2.93 bits per heavy atom. The Bertz CT molecular complexity index is 534. The summed E-state index contributed by atoms with van der Waals surface area (Å²) in [6.45, 7) is 2.01. The maximum atomic E-state index is 12.8. The lowest BCUT2D eigenvalue weighted by Crippen LogP contribution is -2.15. The van der Waals surface area contributed by atoms with Crippen LogP contribution in [0.3, 0.4) is 0 Å². The molecule has 0 aliphatic heterocycles. The summed E-state index contributed by atoms with van der Waals surface area (Å²) in [5.41, 5.74) is 0.627. The Kier molecular flexibility index (Phi) is 2.59. The Balaban J connectivity index is 2.29. The van der Waals surface area contributed by atoms with Crippen LogP contribution < -0.4 is 4.87 Å². The summed E-state index contributed by atoms with van der Waals surface area (Å²) in [7, 11) is 0. The minimum atomic E-state index is -0.410. The molecule has 0 atom stereocenters. The first kappa shape index (κ1) is 9.97. The van der Waals surface area contributed by atoms with Crippen LogP contribution in [0.4, 0.5) is 4.39 Å². The first-order valence-corrected chi connectivity index (χ1v) is 5.11. The van der Waals surface area contributed by atoms with Gasteiger partial charge in [-0.2, -0.15) is 5.10 Å². The Labute approximate surface area is 89.0 Å². The van der Waals surface area contributed by atoms with E-state index in [1.807, 2.05) is 0 Å². The van der Waals surface area contributed by atoms with Gasteiger partial charge in [-0.3, -0.25) is 9.78 Å². The molecule has 0 spiro atoms. The van der Waals surface area contributed by atoms with Crippen molar-refractivity contribution in [2.75, 3.05) is 0 Å². The average Bonchev–Trinajstić information content (AvgIpc) is 2.45. The molecule has 2 aromatic rings. The molecule has 0 fully saturated rings. The Hall–Kier alpha value is -1.56. The SMILES string of the molecule is Cc1nn(Cc2cncc(F)c2)c(=O)s1. The van der Waals surface area contributed by atoms with Crippen molar-refractivity contribution in [2.45, 2.75) is 13.5 Å². The molecule has 4 nitrogen and oxygen atoms in total. The topological polar surface area (TPSA) is 47.8 Å². The van der Waals surface area contributed by atoms with Crippen LogP contribution in [-0.4, -0.2) is 14.8 Å². The molecule has 0 N–H and O–H groups in total. The van der Waals surface area contributed by atoms with Crippen molar-refractivity contribution in [1.29, 1.82) is 0 Å². The molecule has 0 radical (unpaired) electrons. The molecule has 15 heavy (non-hydrogen) atoms. The smallest absolute Gasteiger partial charge is 0.261 e. The van der Waals surface area contributed by atoms with E-state index in [4.69, 9.17) is 0 Å². The van der Waals surface area contributed by atoms with Crippen LogP contribution in [0.1, 0.15) is 10.6 Å². The van der Waals surface area contributed by atoms with Gasteiger partial charge < -0.3 is 0 Å². The first-order valence-electron chi connectivity index (χ1n) is 4.29. The third-order valence-electron chi connectivity index (χ3n) is 1.80. The maximum absolute atomic E-state index is 12.8. The van der Waals surface area contributed by atoms with Crippen LogP contribution in [0, 0.1) is 12.7 Å². The highest BCUT2D eigenvalue weighted by atomic mass is 32.1. The Morgan fingerprint density at radius 2 is 2.33 bits per heavy atom. The summed E-state index contributed by atoms with van der Waals surface area (Å²) < 4.78 is 14.1. The van der Waals surface area contributed by atoms with Crippen LogP contribution in [0.25, 0.3) is 0 Å². The molecule has 2 heterocycles. The van der Waals surface area contributed by atoms with E-state index in [-0.39, 0.29) is 11.4 Å². The summed E-state index contributed by atoms with van der Waals surface area (Å²) in [6.07, 6.45) is 2.64. The second kappa shape index (κ2) is 3.90. The van der Waals surface area contributed by atoms with Gasteiger partial charge in [-0.15, -0.1) is 0 Å². The third-order valence-corrected chi connectivity index (χ3v) is 2.56. The lowest BCUT2D eigenvalue weighted by molar-refractivity contribution is 0.608. The van der Waals surface area contributed by atoms with Crippen molar-refractivity contribution in [3.8, 4) is 0 Å². The van der Waals surface area contributed by atoms with E-state index in [0.717, 1.165) is 17.5 Å². The molecule has 0 saturated heterocycles. The van der Waals surface area contributed by atoms with Gasteiger partial charge >= 0.3 is 4.87 Å². The van der Waals surface area contributed by atoms with Crippen molar-refractivity contribution in [3.05, 3.63) is 44.5 Å². The summed E-state index contributed by atoms with van der Waals surface area (Å²) >= 11 is 1.07. The predicted molar refractivity (Wildman–Crippen MR) is 54.4 cm³/mol. The number of aromatic nitrogens is 3. The van der Waals surface area contributed by atoms with E-state index in [9.17, 15) is 9.18 Å². The van der Waals surface area contributed by atoms with Crippen LogP contribution in [0.5, 0.6) is 0 Å². The highest BCUT2D eigenvalue weighted by Crippen LogP contribution is 2.03. The van der Waals surface area contributed by atoms with Gasteiger partial charge in [0.2, 0.25) is 0 Å². The van der Waals surface area contributed by atoms with E-state index < -0.39 is 5.82 Å². The fraction of sp³-hybridized carbons (Fsp3) is 0.222. The zero-order chi connectivity index (χ0) is 10.8. The number of rotatable bonds is 2. The quantitative estimate of drug-likeness (QED) is 0.771. The summed E-state index contributed by atoms with van der Waals surface area (Å²) in [5, 5.41) is 4.71. The second-order valence-electron chi connectivity index (χ2n) is 3.06. The zero-order valence-corrected chi connectivity index (χ0v) is 8.79. The molecule has 2 rings (SSSR count). The lowest BCUT2D eigenvalue weighted by Gasteiger charge is -1.99. The molecule has 78 valence electrons. The highest BCUT2D eigenvalue weighted by molar-refractivity contribution is 7.08. The van der Waals surface area contributed by atoms with Crippen molar-refractivity contribution in [1.82, 2.24) is 14.8 Å². The molecule has 0 bridgehead atoms. The number of nitrogens with zero attached hydrogens (tertiary/aromatic N) is 3. The molecule has 0 saturated carbocycles. The minimum Gasteiger partial charge on any atom is -0.261 e. The van der Waals surface area contributed by atoms with Crippen molar-refractivity contribution < 1.29 is 4.39 Å². The number of halogens is 1. The third kappa shape index (κ3) is 2.27. The van der Waals surface area contributed by atoms with Crippen LogP contribution in [0.2, 0.25) is 0 Å². The molecule has 6 heteroatoms. The number of hydrogen-bond acceptors (Lipinski definition) is 4. The molecule has 0 aromatic carbocycles. The highest BCUT2D eigenvalue weighted by Gasteiger charge is 2.04. The monoisotopic (exact) mass is 225 g/mol. The van der Waals surface area contributed by atoms with Gasteiger partial charge in [-0.25, -0.2) is 9.07 Å². The lowest BCUT2D eigenvalue weighted by atomic mass is 10.3. The van der Waals surface area contributed by atoms with Crippen molar-refractivity contribution in [3.63, 3.8) is 0 Å². The van der Waals surface area contributed by atoms with Gasteiger partial charge in [0.05, 0.1) is 12.7 Å². The van der Waals surface area contributed by atoms with Gasteiger partial charge in [-0.1, -0.05) is 11.3 Å². The van der Waals surface area contributed by atoms with E-state index in [1.165, 1.54) is 16.9 Å². The molecular weight excluding hydrogens is 217 g/mol. The molecule has 0 unspecified atom stereocenters. The second-order valence-corrected chi connectivity index (χ2v) is 4.20. The van der Waals surface area contributed by atoms with Crippen molar-refractivity contribution >= 4 is 11.3 Å². The average molecular weight is 225 g/mol. The van der Waals surface area contributed by atoms with Gasteiger partial charge in [0, 0.05) is 6.20 Å². The number of pyridine rings is 1. The summed E-state index contributed by atoms with van der Waals surface area (Å²) in [6, 6.07) is 1.34. The van der Waals surface area contributed by atoms with Crippen molar-refractivity contribution in [2.24, 2.45) is 0 Å². The minimum absolute atomic E-state index is 0.142. The molecule has 0 aliphatic rings. The zero-order valence-electron chi connectivity index (χ0n) is 7.98. The van der Waals surface area contributed by atoms with Gasteiger partial charge in [0.25, 0.3) is 0 Å². The van der Waals surface area contributed by atoms with Gasteiger partial charge in [-0.05, 0) is 18.6 Å². The summed E-state index contributed by atoms with van der Waals surface area (Å²) in [4.78, 5) is 14.9. The van der Waals surface area contributed by atoms with Crippen LogP contribution in [0.15, 0.2) is 23.3 Å². The Morgan fingerprint density at radius 1 is 1.53 bits per heavy atom. The van der Waals surface area contributed by atoms with Gasteiger partial charge in [0.1, 0.15) is 10.8 Å². The predicted octanol–water partition coefficient (Wildman–Crippen LogP) is 1.20. The molecule has 0 aliphatic carbocycles. The van der Waals surface area contributed by atoms with E-state index in [1.54, 1.807) is 6.92 Å². The normalized spacial score (nSPS) is 10.5. The molecule has 0 amide bonds. The fourth-order valence-corrected chi connectivity index (χ4v) is 1.83. The van der Waals surface area contributed by atoms with E-state index in [2.05, 4.69) is 10.1 Å². The standard InChI is InChI=1S/C9H8FN3OS/c1-6-12-13(9(14)15-6)5-7-2-8(10)4-11-3-7/h2-4H,5H2,1H3. The van der Waals surface area contributed by atoms with Crippen LogP contribution in [-0.2, 0) is 6.54 Å².